The van der Waals surface area contributed by atoms with Gasteiger partial charge in [0.05, 0.1) is 6.33 Å². The third-order valence-corrected chi connectivity index (χ3v) is 4.17. The Labute approximate surface area is 130 Å². The van der Waals surface area contributed by atoms with Crippen LogP contribution in [0.5, 0.6) is 0 Å². The normalized spacial score (nSPS) is 15.6. The Hall–Kier alpha value is -2.14. The molecule has 1 aliphatic heterocycles. The molecule has 2 heterocycles. The van der Waals surface area contributed by atoms with Gasteiger partial charge in [0.1, 0.15) is 0 Å². The average Bonchev–Trinajstić information content (AvgIpc) is 3.09. The minimum atomic E-state index is 0.0984. The standard InChI is InChI=1S/C17H22N4O/c22-17(5-4-14-6-8-18-9-7-14)20-15-2-1-3-16(12-15)21-11-10-19-13-21/h1-3,10-14,18H,4-9H2,(H,20,22). The summed E-state index contributed by atoms with van der Waals surface area (Å²) in [4.78, 5) is 16.1. The second-order valence-corrected chi connectivity index (χ2v) is 5.80. The van der Waals surface area contributed by atoms with Crippen LogP contribution in [0.1, 0.15) is 25.7 Å². The van der Waals surface area contributed by atoms with Crippen molar-refractivity contribution in [2.75, 3.05) is 18.4 Å². The third-order valence-electron chi connectivity index (χ3n) is 4.17. The van der Waals surface area contributed by atoms with E-state index in [4.69, 9.17) is 0 Å². The van der Waals surface area contributed by atoms with E-state index in [9.17, 15) is 4.79 Å². The molecule has 1 aliphatic rings. The van der Waals surface area contributed by atoms with Gasteiger partial charge in [-0.25, -0.2) is 4.98 Å². The van der Waals surface area contributed by atoms with Gasteiger partial charge in [0.15, 0.2) is 0 Å². The molecule has 1 amide bonds. The zero-order chi connectivity index (χ0) is 15.2. The van der Waals surface area contributed by atoms with E-state index in [1.807, 2.05) is 35.0 Å². The molecule has 0 unspecified atom stereocenters. The van der Waals surface area contributed by atoms with Crippen molar-refractivity contribution in [1.82, 2.24) is 14.9 Å². The van der Waals surface area contributed by atoms with Crippen molar-refractivity contribution in [1.29, 1.82) is 0 Å². The van der Waals surface area contributed by atoms with E-state index >= 15 is 0 Å². The van der Waals surface area contributed by atoms with Gasteiger partial charge >= 0.3 is 0 Å². The largest absolute Gasteiger partial charge is 0.326 e. The Morgan fingerprint density at radius 3 is 3.00 bits per heavy atom. The van der Waals surface area contributed by atoms with Crippen molar-refractivity contribution in [2.45, 2.75) is 25.7 Å². The average molecular weight is 298 g/mol. The molecule has 0 spiro atoms. The molecule has 1 aromatic heterocycles. The van der Waals surface area contributed by atoms with Crippen molar-refractivity contribution in [3.05, 3.63) is 43.0 Å². The van der Waals surface area contributed by atoms with Gasteiger partial charge in [0.2, 0.25) is 5.91 Å². The molecule has 0 atom stereocenters. The zero-order valence-corrected chi connectivity index (χ0v) is 12.7. The van der Waals surface area contributed by atoms with Crippen LogP contribution in [-0.4, -0.2) is 28.5 Å². The minimum Gasteiger partial charge on any atom is -0.326 e. The first-order valence-corrected chi connectivity index (χ1v) is 7.90. The lowest BCUT2D eigenvalue weighted by Gasteiger charge is -2.22. The highest BCUT2D eigenvalue weighted by Gasteiger charge is 2.14. The SMILES string of the molecule is O=C(CCC1CCNCC1)Nc1cccc(-n2ccnc2)c1. The number of aromatic nitrogens is 2. The van der Waals surface area contributed by atoms with Gasteiger partial charge in [0.25, 0.3) is 0 Å². The summed E-state index contributed by atoms with van der Waals surface area (Å²) >= 11 is 0. The summed E-state index contributed by atoms with van der Waals surface area (Å²) in [6, 6.07) is 7.82. The summed E-state index contributed by atoms with van der Waals surface area (Å²) in [7, 11) is 0. The lowest BCUT2D eigenvalue weighted by Crippen LogP contribution is -2.28. The van der Waals surface area contributed by atoms with Crippen molar-refractivity contribution in [3.63, 3.8) is 0 Å². The number of rotatable bonds is 5. The number of imidazole rings is 1. The first kappa shape index (κ1) is 14.8. The van der Waals surface area contributed by atoms with Crippen LogP contribution in [0.25, 0.3) is 5.69 Å². The number of piperidine rings is 1. The Morgan fingerprint density at radius 1 is 1.36 bits per heavy atom. The number of hydrogen-bond acceptors (Lipinski definition) is 3. The topological polar surface area (TPSA) is 59.0 Å². The monoisotopic (exact) mass is 298 g/mol. The predicted octanol–water partition coefficient (Wildman–Crippen LogP) is 2.59. The fraction of sp³-hybridized carbons (Fsp3) is 0.412. The predicted molar refractivity (Wildman–Crippen MR) is 87.0 cm³/mol. The number of hydrogen-bond donors (Lipinski definition) is 2. The van der Waals surface area contributed by atoms with Gasteiger partial charge in [-0.2, -0.15) is 0 Å². The van der Waals surface area contributed by atoms with Gasteiger partial charge in [-0.1, -0.05) is 6.07 Å². The molecule has 5 heteroatoms. The van der Waals surface area contributed by atoms with Crippen LogP contribution in [0.4, 0.5) is 5.69 Å². The lowest BCUT2D eigenvalue weighted by atomic mass is 9.93. The molecular weight excluding hydrogens is 276 g/mol. The van der Waals surface area contributed by atoms with Crippen molar-refractivity contribution in [2.24, 2.45) is 5.92 Å². The number of amides is 1. The maximum absolute atomic E-state index is 12.1. The molecule has 2 aromatic rings. The Bertz CT molecular complexity index is 603. The third kappa shape index (κ3) is 3.95. The lowest BCUT2D eigenvalue weighted by molar-refractivity contribution is -0.116. The Balaban J connectivity index is 1.54. The van der Waals surface area contributed by atoms with Crippen molar-refractivity contribution in [3.8, 4) is 5.69 Å². The quantitative estimate of drug-likeness (QED) is 0.892. The van der Waals surface area contributed by atoms with Crippen LogP contribution in [0, 0.1) is 5.92 Å². The molecule has 1 saturated heterocycles. The first-order valence-electron chi connectivity index (χ1n) is 7.90. The zero-order valence-electron chi connectivity index (χ0n) is 12.7. The van der Waals surface area contributed by atoms with Crippen LogP contribution in [0.2, 0.25) is 0 Å². The van der Waals surface area contributed by atoms with Crippen LogP contribution in [-0.2, 0) is 4.79 Å². The Kier molecular flexibility index (Phi) is 4.85. The van der Waals surface area contributed by atoms with E-state index in [0.29, 0.717) is 12.3 Å². The highest BCUT2D eigenvalue weighted by atomic mass is 16.1. The molecule has 3 rings (SSSR count). The van der Waals surface area contributed by atoms with Crippen LogP contribution >= 0.6 is 0 Å². The van der Waals surface area contributed by atoms with Crippen LogP contribution in [0.15, 0.2) is 43.0 Å². The number of carbonyl (C=O) groups excluding carboxylic acids is 1. The van der Waals surface area contributed by atoms with E-state index in [0.717, 1.165) is 30.9 Å². The van der Waals surface area contributed by atoms with E-state index < -0.39 is 0 Å². The van der Waals surface area contributed by atoms with E-state index in [-0.39, 0.29) is 5.91 Å². The maximum Gasteiger partial charge on any atom is 0.224 e. The molecule has 0 bridgehead atoms. The summed E-state index contributed by atoms with van der Waals surface area (Å²) in [6.07, 6.45) is 9.32. The fourth-order valence-electron chi connectivity index (χ4n) is 2.89. The number of nitrogens with zero attached hydrogens (tertiary/aromatic N) is 2. The highest BCUT2D eigenvalue weighted by molar-refractivity contribution is 5.90. The molecule has 5 nitrogen and oxygen atoms in total. The molecule has 22 heavy (non-hydrogen) atoms. The van der Waals surface area contributed by atoms with Crippen LogP contribution < -0.4 is 10.6 Å². The first-order chi connectivity index (χ1) is 10.8. The van der Waals surface area contributed by atoms with Crippen molar-refractivity contribution >= 4 is 11.6 Å². The van der Waals surface area contributed by atoms with Gasteiger partial charge in [0, 0.05) is 30.2 Å². The maximum atomic E-state index is 12.1. The molecular formula is C17H22N4O. The fourth-order valence-corrected chi connectivity index (χ4v) is 2.89. The van der Waals surface area contributed by atoms with Crippen LogP contribution in [0.3, 0.4) is 0 Å². The van der Waals surface area contributed by atoms with Crippen molar-refractivity contribution < 1.29 is 4.79 Å². The summed E-state index contributed by atoms with van der Waals surface area (Å²) < 4.78 is 1.92. The molecule has 0 saturated carbocycles. The summed E-state index contributed by atoms with van der Waals surface area (Å²) in [5.74, 6) is 0.783. The number of anilines is 1. The highest BCUT2D eigenvalue weighted by Crippen LogP contribution is 2.19. The number of carbonyl (C=O) groups is 1. The van der Waals surface area contributed by atoms with Gasteiger partial charge in [-0.15, -0.1) is 0 Å². The summed E-state index contributed by atoms with van der Waals surface area (Å²) in [5.41, 5.74) is 1.83. The molecule has 0 radical (unpaired) electrons. The molecule has 0 aliphatic carbocycles. The van der Waals surface area contributed by atoms with Gasteiger partial charge in [-0.3, -0.25) is 4.79 Å². The number of nitrogens with one attached hydrogen (secondary N) is 2. The van der Waals surface area contributed by atoms with Gasteiger partial charge < -0.3 is 15.2 Å². The molecule has 2 N–H and O–H groups in total. The summed E-state index contributed by atoms with van der Waals surface area (Å²) in [5, 5.41) is 6.35. The smallest absolute Gasteiger partial charge is 0.224 e. The van der Waals surface area contributed by atoms with E-state index in [2.05, 4.69) is 15.6 Å². The molecule has 116 valence electrons. The second-order valence-electron chi connectivity index (χ2n) is 5.80. The second kappa shape index (κ2) is 7.22. The summed E-state index contributed by atoms with van der Waals surface area (Å²) in [6.45, 7) is 2.17. The Morgan fingerprint density at radius 2 is 2.23 bits per heavy atom. The van der Waals surface area contributed by atoms with Gasteiger partial charge in [-0.05, 0) is 56.5 Å². The van der Waals surface area contributed by atoms with E-state index in [1.165, 1.54) is 12.8 Å². The van der Waals surface area contributed by atoms with E-state index in [1.54, 1.807) is 12.5 Å². The molecule has 1 fully saturated rings. The minimum absolute atomic E-state index is 0.0984. The molecule has 1 aromatic carbocycles. The number of benzene rings is 1.